The molecule has 0 atom stereocenters. The maximum Gasteiger partial charge on any atom is 0.137 e. The number of rotatable bonds is 2. The summed E-state index contributed by atoms with van der Waals surface area (Å²) in [6.45, 7) is 3.96. The van der Waals surface area contributed by atoms with Gasteiger partial charge in [0.1, 0.15) is 5.82 Å². The molecule has 0 spiro atoms. The third kappa shape index (κ3) is 2.01. The molecular weight excluding hydrogens is 171 g/mol. The van der Waals surface area contributed by atoms with Crippen LogP contribution in [0.15, 0.2) is 23.1 Å². The van der Waals surface area contributed by atoms with Gasteiger partial charge in [0.15, 0.2) is 0 Å². The van der Waals surface area contributed by atoms with Gasteiger partial charge in [-0.3, -0.25) is 0 Å². The fraction of sp³-hybridized carbons (Fsp3) is 0.300. The zero-order chi connectivity index (χ0) is 9.14. The third-order valence-electron chi connectivity index (χ3n) is 1.73. The van der Waals surface area contributed by atoms with Gasteiger partial charge in [0.25, 0.3) is 0 Å². The molecule has 0 fully saturated rings. The lowest BCUT2D eigenvalue weighted by molar-refractivity contribution is 0.600. The molecule has 1 radical (unpaired) electrons. The van der Waals surface area contributed by atoms with Gasteiger partial charge < -0.3 is 0 Å². The van der Waals surface area contributed by atoms with Crippen LogP contribution in [0.25, 0.3) is 0 Å². The molecule has 0 aliphatic carbocycles. The van der Waals surface area contributed by atoms with E-state index in [4.69, 9.17) is 0 Å². The Bertz CT molecular complexity index is 269. The Hall–Kier alpha value is -0.500. The molecule has 1 aromatic carbocycles. The monoisotopic (exact) mass is 183 g/mol. The minimum atomic E-state index is -0.124. The van der Waals surface area contributed by atoms with Crippen LogP contribution in [0.4, 0.5) is 4.39 Å². The quantitative estimate of drug-likeness (QED) is 0.632. The minimum absolute atomic E-state index is 0.124. The molecule has 0 aliphatic heterocycles. The van der Waals surface area contributed by atoms with Crippen molar-refractivity contribution >= 4 is 11.8 Å². The van der Waals surface area contributed by atoms with Crippen LogP contribution in [0.3, 0.4) is 0 Å². The number of hydrogen-bond acceptors (Lipinski definition) is 1. The highest BCUT2D eigenvalue weighted by molar-refractivity contribution is 7.98. The van der Waals surface area contributed by atoms with Crippen molar-refractivity contribution in [2.45, 2.75) is 18.7 Å². The summed E-state index contributed by atoms with van der Waals surface area (Å²) in [4.78, 5) is 0.708. The average molecular weight is 183 g/mol. The highest BCUT2D eigenvalue weighted by Crippen LogP contribution is 2.22. The number of hydrogen-bond donors (Lipinski definition) is 0. The van der Waals surface area contributed by atoms with Crippen molar-refractivity contribution in [3.63, 3.8) is 0 Å². The Morgan fingerprint density at radius 3 is 2.42 bits per heavy atom. The molecule has 1 aromatic rings. The lowest BCUT2D eigenvalue weighted by Crippen LogP contribution is -1.90. The van der Waals surface area contributed by atoms with Crippen molar-refractivity contribution < 1.29 is 4.39 Å². The highest BCUT2D eigenvalue weighted by atomic mass is 32.2. The van der Waals surface area contributed by atoms with E-state index in [0.717, 1.165) is 11.5 Å². The molecular formula is C10H12FS. The summed E-state index contributed by atoms with van der Waals surface area (Å²) < 4.78 is 13.2. The molecule has 0 unspecified atom stereocenters. The van der Waals surface area contributed by atoms with E-state index in [0.29, 0.717) is 4.90 Å². The van der Waals surface area contributed by atoms with Crippen LogP contribution in [0, 0.1) is 11.7 Å². The standard InChI is InChI=1S/C10H12FS/c1-7(2)8-4-5-10(12-3)9(11)6-8/h4-6H,1-3H3. The van der Waals surface area contributed by atoms with Crippen LogP contribution in [0.5, 0.6) is 0 Å². The van der Waals surface area contributed by atoms with Crippen molar-refractivity contribution in [1.82, 2.24) is 0 Å². The Morgan fingerprint density at radius 1 is 1.33 bits per heavy atom. The van der Waals surface area contributed by atoms with Gasteiger partial charge in [0.2, 0.25) is 0 Å². The first-order valence-corrected chi connectivity index (χ1v) is 5.01. The average Bonchev–Trinajstić information content (AvgIpc) is 2.04. The van der Waals surface area contributed by atoms with Gasteiger partial charge in [-0.05, 0) is 29.9 Å². The minimum Gasteiger partial charge on any atom is -0.206 e. The normalized spacial score (nSPS) is 10.8. The summed E-state index contributed by atoms with van der Waals surface area (Å²) in [6.07, 6.45) is 1.88. The second-order valence-corrected chi connectivity index (χ2v) is 3.70. The van der Waals surface area contributed by atoms with Gasteiger partial charge in [-0.25, -0.2) is 4.39 Å². The first-order valence-electron chi connectivity index (χ1n) is 3.79. The molecule has 0 saturated carbocycles. The molecule has 12 heavy (non-hydrogen) atoms. The van der Waals surface area contributed by atoms with E-state index < -0.39 is 0 Å². The van der Waals surface area contributed by atoms with E-state index in [2.05, 4.69) is 0 Å². The molecule has 1 rings (SSSR count). The topological polar surface area (TPSA) is 0 Å². The second kappa shape index (κ2) is 3.94. The smallest absolute Gasteiger partial charge is 0.137 e. The lowest BCUT2D eigenvalue weighted by atomic mass is 10.0. The zero-order valence-corrected chi connectivity index (χ0v) is 8.33. The fourth-order valence-corrected chi connectivity index (χ4v) is 1.44. The Kier molecular flexibility index (Phi) is 3.15. The van der Waals surface area contributed by atoms with Gasteiger partial charge in [0, 0.05) is 4.90 Å². The molecule has 0 N–H and O–H groups in total. The van der Waals surface area contributed by atoms with E-state index in [1.54, 1.807) is 6.07 Å². The summed E-state index contributed by atoms with van der Waals surface area (Å²) in [5, 5.41) is 0. The molecule has 0 nitrogen and oxygen atoms in total. The Balaban J connectivity index is 3.02. The van der Waals surface area contributed by atoms with Crippen molar-refractivity contribution in [3.05, 3.63) is 35.5 Å². The SMILES string of the molecule is CSc1ccc([C](C)C)cc1F. The van der Waals surface area contributed by atoms with Crippen molar-refractivity contribution in [2.24, 2.45) is 0 Å². The van der Waals surface area contributed by atoms with Gasteiger partial charge >= 0.3 is 0 Å². The fourth-order valence-electron chi connectivity index (χ4n) is 0.977. The van der Waals surface area contributed by atoms with E-state index in [9.17, 15) is 4.39 Å². The maximum atomic E-state index is 13.2. The van der Waals surface area contributed by atoms with Crippen LogP contribution in [-0.4, -0.2) is 6.26 Å². The first-order chi connectivity index (χ1) is 5.65. The lowest BCUT2D eigenvalue weighted by Gasteiger charge is -2.06. The van der Waals surface area contributed by atoms with Gasteiger partial charge in [0.05, 0.1) is 0 Å². The highest BCUT2D eigenvalue weighted by Gasteiger charge is 2.04. The van der Waals surface area contributed by atoms with E-state index in [1.807, 2.05) is 32.2 Å². The predicted molar refractivity (Wildman–Crippen MR) is 51.9 cm³/mol. The molecule has 0 amide bonds. The van der Waals surface area contributed by atoms with Crippen molar-refractivity contribution in [3.8, 4) is 0 Å². The predicted octanol–water partition coefficient (Wildman–Crippen LogP) is 3.51. The van der Waals surface area contributed by atoms with Crippen LogP contribution >= 0.6 is 11.8 Å². The van der Waals surface area contributed by atoms with Gasteiger partial charge in [-0.15, -0.1) is 11.8 Å². The number of benzene rings is 1. The number of thioether (sulfide) groups is 1. The number of halogens is 1. The van der Waals surface area contributed by atoms with E-state index >= 15 is 0 Å². The van der Waals surface area contributed by atoms with Crippen LogP contribution in [-0.2, 0) is 0 Å². The Morgan fingerprint density at radius 2 is 2.00 bits per heavy atom. The van der Waals surface area contributed by atoms with Crippen LogP contribution in [0.2, 0.25) is 0 Å². The largest absolute Gasteiger partial charge is 0.206 e. The Labute approximate surface area is 77.2 Å². The third-order valence-corrected chi connectivity index (χ3v) is 2.50. The van der Waals surface area contributed by atoms with Gasteiger partial charge in [-0.2, -0.15) is 0 Å². The van der Waals surface area contributed by atoms with Crippen LogP contribution in [0.1, 0.15) is 19.4 Å². The molecule has 0 aromatic heterocycles. The van der Waals surface area contributed by atoms with Crippen LogP contribution < -0.4 is 0 Å². The maximum absolute atomic E-state index is 13.2. The summed E-state index contributed by atoms with van der Waals surface area (Å²) in [6, 6.07) is 5.35. The van der Waals surface area contributed by atoms with E-state index in [-0.39, 0.29) is 5.82 Å². The first kappa shape index (κ1) is 9.59. The molecule has 0 bridgehead atoms. The summed E-state index contributed by atoms with van der Waals surface area (Å²) in [7, 11) is 0. The molecule has 2 heteroatoms. The van der Waals surface area contributed by atoms with Gasteiger partial charge in [-0.1, -0.05) is 19.9 Å². The summed E-state index contributed by atoms with van der Waals surface area (Å²) in [5.41, 5.74) is 0.977. The molecule has 0 heterocycles. The molecule has 0 aliphatic rings. The summed E-state index contributed by atoms with van der Waals surface area (Å²) >= 11 is 1.43. The van der Waals surface area contributed by atoms with Crippen molar-refractivity contribution in [1.29, 1.82) is 0 Å². The van der Waals surface area contributed by atoms with Crippen molar-refractivity contribution in [2.75, 3.05) is 6.26 Å². The zero-order valence-electron chi connectivity index (χ0n) is 7.52. The van der Waals surface area contributed by atoms with E-state index in [1.165, 1.54) is 11.8 Å². The molecule has 0 saturated heterocycles. The second-order valence-electron chi connectivity index (χ2n) is 2.85. The molecule has 65 valence electrons. The summed E-state index contributed by atoms with van der Waals surface area (Å²) in [5.74, 6) is 1.02.